The highest BCUT2D eigenvalue weighted by molar-refractivity contribution is 9.10. The fourth-order valence-corrected chi connectivity index (χ4v) is 3.97. The van der Waals surface area contributed by atoms with E-state index in [0.717, 1.165) is 28.1 Å². The quantitative estimate of drug-likeness (QED) is 0.865. The average Bonchev–Trinajstić information content (AvgIpc) is 2.79. The maximum absolute atomic E-state index is 5.77. The summed E-state index contributed by atoms with van der Waals surface area (Å²) in [6.07, 6.45) is 1.41. The molecule has 0 spiro atoms. The first-order chi connectivity index (χ1) is 9.50. The van der Waals surface area contributed by atoms with Gasteiger partial charge in [0.25, 0.3) is 0 Å². The summed E-state index contributed by atoms with van der Waals surface area (Å²) in [6.45, 7) is 7.37. The SMILES string of the molecule is CCOC1CC(Nc2nc3cc(Br)ccc3s2)C1(C)C. The third-order valence-corrected chi connectivity index (χ3v) is 5.65. The number of ether oxygens (including phenoxy) is 1. The number of halogens is 1. The highest BCUT2D eigenvalue weighted by Crippen LogP contribution is 2.45. The number of thiazole rings is 1. The molecule has 1 aliphatic carbocycles. The van der Waals surface area contributed by atoms with Gasteiger partial charge in [-0.3, -0.25) is 0 Å². The van der Waals surface area contributed by atoms with Crippen molar-refractivity contribution in [2.75, 3.05) is 11.9 Å². The van der Waals surface area contributed by atoms with Crippen molar-refractivity contribution >= 4 is 42.6 Å². The highest BCUT2D eigenvalue weighted by atomic mass is 79.9. The average molecular weight is 355 g/mol. The summed E-state index contributed by atoms with van der Waals surface area (Å²) in [5.74, 6) is 0. The van der Waals surface area contributed by atoms with E-state index in [1.807, 2.05) is 0 Å². The number of rotatable bonds is 4. The van der Waals surface area contributed by atoms with Crippen molar-refractivity contribution in [1.82, 2.24) is 4.98 Å². The van der Waals surface area contributed by atoms with Crippen LogP contribution in [0.3, 0.4) is 0 Å². The van der Waals surface area contributed by atoms with Gasteiger partial charge in [-0.15, -0.1) is 0 Å². The van der Waals surface area contributed by atoms with Gasteiger partial charge >= 0.3 is 0 Å². The van der Waals surface area contributed by atoms with Gasteiger partial charge in [0.05, 0.1) is 16.3 Å². The molecule has 3 nitrogen and oxygen atoms in total. The zero-order chi connectivity index (χ0) is 14.3. The number of fused-ring (bicyclic) bond motifs is 1. The van der Waals surface area contributed by atoms with Crippen molar-refractivity contribution in [3.63, 3.8) is 0 Å². The maximum Gasteiger partial charge on any atom is 0.184 e. The summed E-state index contributed by atoms with van der Waals surface area (Å²) < 4.78 is 8.06. The lowest BCUT2D eigenvalue weighted by Crippen LogP contribution is -2.58. The van der Waals surface area contributed by atoms with Crippen LogP contribution in [0.2, 0.25) is 0 Å². The van der Waals surface area contributed by atoms with Crippen LogP contribution < -0.4 is 5.32 Å². The monoisotopic (exact) mass is 354 g/mol. The Kier molecular flexibility index (Phi) is 3.77. The largest absolute Gasteiger partial charge is 0.378 e. The van der Waals surface area contributed by atoms with Crippen LogP contribution in [0.25, 0.3) is 10.2 Å². The Labute approximate surface area is 131 Å². The number of anilines is 1. The van der Waals surface area contributed by atoms with Crippen LogP contribution in [0.4, 0.5) is 5.13 Å². The van der Waals surface area contributed by atoms with E-state index in [4.69, 9.17) is 4.74 Å². The van der Waals surface area contributed by atoms with Gasteiger partial charge in [-0.1, -0.05) is 41.1 Å². The molecular weight excluding hydrogens is 336 g/mol. The molecule has 2 atom stereocenters. The second-order valence-corrected chi connectivity index (χ2v) is 7.78. The Morgan fingerprint density at radius 2 is 2.30 bits per heavy atom. The number of hydrogen-bond acceptors (Lipinski definition) is 4. The normalized spacial score (nSPS) is 24.6. The molecule has 0 amide bonds. The molecule has 5 heteroatoms. The summed E-state index contributed by atoms with van der Waals surface area (Å²) in [4.78, 5) is 4.67. The molecule has 1 aromatic carbocycles. The van der Waals surface area contributed by atoms with E-state index in [9.17, 15) is 0 Å². The fraction of sp³-hybridized carbons (Fsp3) is 0.533. The van der Waals surface area contributed by atoms with Crippen LogP contribution in [-0.2, 0) is 4.74 Å². The summed E-state index contributed by atoms with van der Waals surface area (Å²) in [5.41, 5.74) is 1.21. The summed E-state index contributed by atoms with van der Waals surface area (Å²) in [7, 11) is 0. The van der Waals surface area contributed by atoms with E-state index in [1.165, 1.54) is 4.70 Å². The van der Waals surface area contributed by atoms with Gasteiger partial charge in [-0.25, -0.2) is 4.98 Å². The fourth-order valence-electron chi connectivity index (χ4n) is 2.73. The van der Waals surface area contributed by atoms with Crippen molar-refractivity contribution in [2.24, 2.45) is 5.41 Å². The number of nitrogens with zero attached hydrogens (tertiary/aromatic N) is 1. The Balaban J connectivity index is 1.74. The minimum atomic E-state index is 0.161. The minimum Gasteiger partial charge on any atom is -0.378 e. The van der Waals surface area contributed by atoms with Crippen molar-refractivity contribution < 1.29 is 4.74 Å². The van der Waals surface area contributed by atoms with Crippen LogP contribution in [0, 0.1) is 5.41 Å². The molecule has 0 radical (unpaired) electrons. The first kappa shape index (κ1) is 14.3. The molecule has 0 saturated heterocycles. The molecule has 1 aliphatic rings. The van der Waals surface area contributed by atoms with Gasteiger partial charge in [0.1, 0.15) is 0 Å². The van der Waals surface area contributed by atoms with Gasteiger partial charge in [0, 0.05) is 22.5 Å². The molecule has 2 aromatic rings. The smallest absolute Gasteiger partial charge is 0.184 e. The van der Waals surface area contributed by atoms with Crippen LogP contribution in [0.1, 0.15) is 27.2 Å². The second kappa shape index (κ2) is 5.28. The lowest BCUT2D eigenvalue weighted by molar-refractivity contribution is -0.0975. The lowest BCUT2D eigenvalue weighted by Gasteiger charge is -2.51. The lowest BCUT2D eigenvalue weighted by atomic mass is 9.64. The van der Waals surface area contributed by atoms with Crippen molar-refractivity contribution in [1.29, 1.82) is 0 Å². The molecule has 2 unspecified atom stereocenters. The number of benzene rings is 1. The molecule has 3 rings (SSSR count). The number of aromatic nitrogens is 1. The molecule has 1 aromatic heterocycles. The number of nitrogens with one attached hydrogen (secondary N) is 1. The van der Waals surface area contributed by atoms with Gasteiger partial charge < -0.3 is 10.1 Å². The van der Waals surface area contributed by atoms with Crippen LogP contribution in [0.15, 0.2) is 22.7 Å². The van der Waals surface area contributed by atoms with Crippen molar-refractivity contribution in [2.45, 2.75) is 39.3 Å². The first-order valence-electron chi connectivity index (χ1n) is 6.95. The first-order valence-corrected chi connectivity index (χ1v) is 8.56. The van der Waals surface area contributed by atoms with E-state index in [2.05, 4.69) is 65.2 Å². The van der Waals surface area contributed by atoms with Gasteiger partial charge in [-0.2, -0.15) is 0 Å². The van der Waals surface area contributed by atoms with E-state index >= 15 is 0 Å². The van der Waals surface area contributed by atoms with E-state index in [0.29, 0.717) is 12.1 Å². The maximum atomic E-state index is 5.77. The summed E-state index contributed by atoms with van der Waals surface area (Å²) >= 11 is 5.20. The molecule has 1 heterocycles. The standard InChI is InChI=1S/C15H19BrN2OS/c1-4-19-13-8-12(15(13,2)3)18-14-17-10-7-9(16)5-6-11(10)20-14/h5-7,12-13H,4,8H2,1-3H3,(H,17,18). The van der Waals surface area contributed by atoms with Crippen LogP contribution in [-0.4, -0.2) is 23.7 Å². The Morgan fingerprint density at radius 1 is 1.50 bits per heavy atom. The van der Waals surface area contributed by atoms with Gasteiger partial charge in [0.2, 0.25) is 0 Å². The van der Waals surface area contributed by atoms with Gasteiger partial charge in [0.15, 0.2) is 5.13 Å². The Bertz CT molecular complexity index is 625. The van der Waals surface area contributed by atoms with Crippen molar-refractivity contribution in [3.05, 3.63) is 22.7 Å². The highest BCUT2D eigenvalue weighted by Gasteiger charge is 2.49. The molecule has 0 aliphatic heterocycles. The third kappa shape index (κ3) is 2.47. The van der Waals surface area contributed by atoms with E-state index < -0.39 is 0 Å². The molecule has 108 valence electrons. The van der Waals surface area contributed by atoms with Crippen LogP contribution >= 0.6 is 27.3 Å². The zero-order valence-electron chi connectivity index (χ0n) is 11.9. The molecule has 1 saturated carbocycles. The van der Waals surface area contributed by atoms with E-state index in [1.54, 1.807) is 11.3 Å². The van der Waals surface area contributed by atoms with Crippen LogP contribution in [0.5, 0.6) is 0 Å². The van der Waals surface area contributed by atoms with Crippen molar-refractivity contribution in [3.8, 4) is 0 Å². The predicted molar refractivity (Wildman–Crippen MR) is 88.5 cm³/mol. The molecule has 1 N–H and O–H groups in total. The third-order valence-electron chi connectivity index (χ3n) is 4.19. The zero-order valence-corrected chi connectivity index (χ0v) is 14.3. The molecule has 20 heavy (non-hydrogen) atoms. The summed E-state index contributed by atoms with van der Waals surface area (Å²) in [6, 6.07) is 6.66. The predicted octanol–water partition coefficient (Wildman–Crippen LogP) is 4.67. The van der Waals surface area contributed by atoms with E-state index in [-0.39, 0.29) is 5.41 Å². The number of hydrogen-bond donors (Lipinski definition) is 1. The summed E-state index contributed by atoms with van der Waals surface area (Å²) in [5, 5.41) is 4.58. The molecule has 1 fully saturated rings. The molecule has 0 bridgehead atoms. The second-order valence-electron chi connectivity index (χ2n) is 5.83. The Hall–Kier alpha value is -0.650. The molecular formula is C15H19BrN2OS. The minimum absolute atomic E-state index is 0.161. The topological polar surface area (TPSA) is 34.1 Å². The Morgan fingerprint density at radius 3 is 3.00 bits per heavy atom. The van der Waals surface area contributed by atoms with Gasteiger partial charge in [-0.05, 0) is 31.5 Å².